The van der Waals surface area contributed by atoms with Gasteiger partial charge in [0.15, 0.2) is 0 Å². The lowest BCUT2D eigenvalue weighted by Gasteiger charge is -2.21. The Bertz CT molecular complexity index is 642. The fraction of sp³-hybridized carbons (Fsp3) is 0.333. The summed E-state index contributed by atoms with van der Waals surface area (Å²) in [5.74, 6) is 0.511. The lowest BCUT2D eigenvalue weighted by atomic mass is 10.1. The lowest BCUT2D eigenvalue weighted by molar-refractivity contribution is -0.115. The van der Waals surface area contributed by atoms with Gasteiger partial charge in [-0.1, -0.05) is 24.3 Å². The first-order valence-electron chi connectivity index (χ1n) is 7.42. The third-order valence-corrected chi connectivity index (χ3v) is 3.16. The number of anilines is 2. The van der Waals surface area contributed by atoms with Gasteiger partial charge in [-0.25, -0.2) is 4.98 Å². The van der Waals surface area contributed by atoms with E-state index in [1.165, 1.54) is 0 Å². The van der Waals surface area contributed by atoms with Crippen molar-refractivity contribution in [2.45, 2.75) is 39.7 Å². The summed E-state index contributed by atoms with van der Waals surface area (Å²) in [5, 5.41) is 6.16. The molecule has 22 heavy (non-hydrogen) atoms. The smallest absolute Gasteiger partial charge is 0.229 e. The molecule has 0 aliphatic carbocycles. The lowest BCUT2D eigenvalue weighted by Crippen LogP contribution is -2.26. The van der Waals surface area contributed by atoms with Gasteiger partial charge in [-0.2, -0.15) is 0 Å². The van der Waals surface area contributed by atoms with E-state index in [2.05, 4.69) is 36.4 Å². The van der Waals surface area contributed by atoms with E-state index in [1.54, 1.807) is 6.20 Å². The van der Waals surface area contributed by atoms with Crippen LogP contribution < -0.4 is 10.6 Å². The summed E-state index contributed by atoms with van der Waals surface area (Å²) >= 11 is 0. The van der Waals surface area contributed by atoms with E-state index in [4.69, 9.17) is 0 Å². The maximum absolute atomic E-state index is 12.1. The SMILES string of the molecule is Cc1ccccc1CC(=O)Nc1ccc(NC(C)(C)C)cn1. The van der Waals surface area contributed by atoms with Crippen LogP contribution >= 0.6 is 0 Å². The van der Waals surface area contributed by atoms with Crippen LogP contribution in [-0.2, 0) is 11.2 Å². The fourth-order valence-corrected chi connectivity index (χ4v) is 2.14. The average molecular weight is 297 g/mol. The van der Waals surface area contributed by atoms with Crippen molar-refractivity contribution < 1.29 is 4.79 Å². The number of aryl methyl sites for hydroxylation is 1. The zero-order chi connectivity index (χ0) is 16.2. The van der Waals surface area contributed by atoms with Gasteiger partial charge >= 0.3 is 0 Å². The number of carbonyl (C=O) groups is 1. The molecule has 0 bridgehead atoms. The number of nitrogens with zero attached hydrogens (tertiary/aromatic N) is 1. The van der Waals surface area contributed by atoms with Crippen molar-refractivity contribution in [2.75, 3.05) is 10.6 Å². The predicted octanol–water partition coefficient (Wildman–Crippen LogP) is 3.78. The molecular formula is C18H23N3O. The van der Waals surface area contributed by atoms with E-state index in [0.717, 1.165) is 16.8 Å². The summed E-state index contributed by atoms with van der Waals surface area (Å²) in [6.45, 7) is 8.27. The molecule has 0 spiro atoms. The van der Waals surface area contributed by atoms with Crippen molar-refractivity contribution in [3.8, 4) is 0 Å². The molecule has 1 aromatic carbocycles. The van der Waals surface area contributed by atoms with Crippen LogP contribution in [0.3, 0.4) is 0 Å². The molecule has 0 aliphatic rings. The molecule has 0 atom stereocenters. The molecule has 0 unspecified atom stereocenters. The van der Waals surface area contributed by atoms with Gasteiger partial charge in [0.25, 0.3) is 0 Å². The van der Waals surface area contributed by atoms with E-state index in [0.29, 0.717) is 12.2 Å². The third kappa shape index (κ3) is 4.88. The van der Waals surface area contributed by atoms with Gasteiger partial charge < -0.3 is 10.6 Å². The highest BCUT2D eigenvalue weighted by atomic mass is 16.1. The summed E-state index contributed by atoms with van der Waals surface area (Å²) in [4.78, 5) is 16.4. The summed E-state index contributed by atoms with van der Waals surface area (Å²) in [6.07, 6.45) is 2.09. The van der Waals surface area contributed by atoms with Crippen LogP contribution in [0.25, 0.3) is 0 Å². The first-order chi connectivity index (χ1) is 10.3. The van der Waals surface area contributed by atoms with E-state index in [9.17, 15) is 4.79 Å². The topological polar surface area (TPSA) is 54.0 Å². The van der Waals surface area contributed by atoms with Crippen molar-refractivity contribution in [3.63, 3.8) is 0 Å². The fourth-order valence-electron chi connectivity index (χ4n) is 2.14. The number of rotatable bonds is 4. The number of hydrogen-bond acceptors (Lipinski definition) is 3. The Hall–Kier alpha value is -2.36. The number of aromatic nitrogens is 1. The average Bonchev–Trinajstić information content (AvgIpc) is 2.42. The molecule has 2 N–H and O–H groups in total. The quantitative estimate of drug-likeness (QED) is 0.903. The second-order valence-corrected chi connectivity index (χ2v) is 6.46. The van der Waals surface area contributed by atoms with Crippen LogP contribution in [0.15, 0.2) is 42.6 Å². The molecule has 2 rings (SSSR count). The van der Waals surface area contributed by atoms with Gasteiger partial charge in [0.05, 0.1) is 18.3 Å². The Morgan fingerprint density at radius 2 is 1.86 bits per heavy atom. The molecule has 0 saturated heterocycles. The molecular weight excluding hydrogens is 274 g/mol. The van der Waals surface area contributed by atoms with Crippen molar-refractivity contribution in [2.24, 2.45) is 0 Å². The van der Waals surface area contributed by atoms with Gasteiger partial charge in [0.2, 0.25) is 5.91 Å². The number of amides is 1. The first kappa shape index (κ1) is 16.0. The van der Waals surface area contributed by atoms with Gasteiger partial charge in [-0.05, 0) is 51.0 Å². The Morgan fingerprint density at radius 3 is 2.45 bits per heavy atom. The minimum absolute atomic E-state index is 0.0166. The molecule has 1 amide bonds. The van der Waals surface area contributed by atoms with Gasteiger partial charge in [-0.15, -0.1) is 0 Å². The number of hydrogen-bond donors (Lipinski definition) is 2. The molecule has 0 aliphatic heterocycles. The van der Waals surface area contributed by atoms with Crippen LogP contribution in [-0.4, -0.2) is 16.4 Å². The number of nitrogens with one attached hydrogen (secondary N) is 2. The van der Waals surface area contributed by atoms with Crippen LogP contribution in [0.5, 0.6) is 0 Å². The van der Waals surface area contributed by atoms with Gasteiger partial charge in [-0.3, -0.25) is 4.79 Å². The number of benzene rings is 1. The van der Waals surface area contributed by atoms with Crippen LogP contribution in [0.2, 0.25) is 0 Å². The maximum atomic E-state index is 12.1. The maximum Gasteiger partial charge on any atom is 0.229 e. The predicted molar refractivity (Wildman–Crippen MR) is 91.1 cm³/mol. The third-order valence-electron chi connectivity index (χ3n) is 3.16. The summed E-state index contributed by atoms with van der Waals surface area (Å²) in [5.41, 5.74) is 3.07. The second-order valence-electron chi connectivity index (χ2n) is 6.46. The van der Waals surface area contributed by atoms with Crippen molar-refractivity contribution in [1.29, 1.82) is 0 Å². The van der Waals surface area contributed by atoms with Gasteiger partial charge in [0.1, 0.15) is 5.82 Å². The molecule has 4 heteroatoms. The Labute approximate surface area is 132 Å². The number of pyridine rings is 1. The van der Waals surface area contributed by atoms with Crippen LogP contribution in [0.4, 0.5) is 11.5 Å². The standard InChI is InChI=1S/C18H23N3O/c1-13-7-5-6-8-14(13)11-17(22)20-16-10-9-15(12-19-16)21-18(2,3)4/h5-10,12,21H,11H2,1-4H3,(H,19,20,22). The summed E-state index contributed by atoms with van der Waals surface area (Å²) < 4.78 is 0. The Morgan fingerprint density at radius 1 is 1.14 bits per heavy atom. The van der Waals surface area contributed by atoms with E-state index in [-0.39, 0.29) is 11.4 Å². The molecule has 116 valence electrons. The largest absolute Gasteiger partial charge is 0.379 e. The minimum atomic E-state index is -0.0571. The zero-order valence-corrected chi connectivity index (χ0v) is 13.6. The molecule has 4 nitrogen and oxygen atoms in total. The van der Waals surface area contributed by atoms with Crippen LogP contribution in [0.1, 0.15) is 31.9 Å². The normalized spacial score (nSPS) is 11.1. The van der Waals surface area contributed by atoms with Crippen LogP contribution in [0, 0.1) is 6.92 Å². The second kappa shape index (κ2) is 6.60. The Kier molecular flexibility index (Phi) is 4.81. The Balaban J connectivity index is 1.96. The first-order valence-corrected chi connectivity index (χ1v) is 7.42. The molecule has 0 saturated carbocycles. The summed E-state index contributed by atoms with van der Waals surface area (Å²) in [6, 6.07) is 11.6. The zero-order valence-electron chi connectivity index (χ0n) is 13.6. The monoisotopic (exact) mass is 297 g/mol. The van der Waals surface area contributed by atoms with Gasteiger partial charge in [0, 0.05) is 5.54 Å². The summed E-state index contributed by atoms with van der Waals surface area (Å²) in [7, 11) is 0. The van der Waals surface area contributed by atoms with E-state index >= 15 is 0 Å². The minimum Gasteiger partial charge on any atom is -0.379 e. The van der Waals surface area contributed by atoms with Crippen molar-refractivity contribution in [3.05, 3.63) is 53.7 Å². The molecule has 0 fully saturated rings. The molecule has 0 radical (unpaired) electrons. The highest BCUT2D eigenvalue weighted by Crippen LogP contribution is 2.15. The van der Waals surface area contributed by atoms with Crippen molar-refractivity contribution in [1.82, 2.24) is 4.98 Å². The molecule has 1 aromatic heterocycles. The molecule has 2 aromatic rings. The van der Waals surface area contributed by atoms with Crippen molar-refractivity contribution >= 4 is 17.4 Å². The molecule has 1 heterocycles. The highest BCUT2D eigenvalue weighted by molar-refractivity contribution is 5.91. The van der Waals surface area contributed by atoms with E-state index in [1.807, 2.05) is 43.3 Å². The van der Waals surface area contributed by atoms with E-state index < -0.39 is 0 Å². The number of carbonyl (C=O) groups excluding carboxylic acids is 1. The highest BCUT2D eigenvalue weighted by Gasteiger charge is 2.10.